The number of H-pyrrole nitrogens is 1. The molecular formula is C16H14N4O3S. The zero-order chi connectivity index (χ0) is 17.3. The minimum absolute atomic E-state index is 0.0351. The zero-order valence-corrected chi connectivity index (χ0v) is 13.6. The van der Waals surface area contributed by atoms with Crippen molar-refractivity contribution in [3.63, 3.8) is 0 Å². The van der Waals surface area contributed by atoms with Gasteiger partial charge in [0, 0.05) is 10.9 Å². The van der Waals surface area contributed by atoms with Crippen molar-refractivity contribution in [2.45, 2.75) is 11.8 Å². The lowest BCUT2D eigenvalue weighted by atomic mass is 10.1. The minimum Gasteiger partial charge on any atom is -0.492 e. The monoisotopic (exact) mass is 342 g/mol. The number of ether oxygens (including phenoxy) is 1. The van der Waals surface area contributed by atoms with Gasteiger partial charge in [0.2, 0.25) is 10.0 Å². The molecule has 0 saturated carbocycles. The summed E-state index contributed by atoms with van der Waals surface area (Å²) in [5.74, 6) is 0.483. The molecule has 0 fully saturated rings. The molecule has 8 heteroatoms. The van der Waals surface area contributed by atoms with Crippen LogP contribution < -0.4 is 9.88 Å². The number of nitrogens with zero attached hydrogens (tertiary/aromatic N) is 2. The van der Waals surface area contributed by atoms with Gasteiger partial charge in [-0.05, 0) is 31.2 Å². The van der Waals surface area contributed by atoms with Crippen LogP contribution in [0.3, 0.4) is 0 Å². The number of rotatable bonds is 4. The topological polar surface area (TPSA) is 122 Å². The Morgan fingerprint density at radius 2 is 2.00 bits per heavy atom. The van der Waals surface area contributed by atoms with Gasteiger partial charge in [-0.25, -0.2) is 13.6 Å². The number of hydrogen-bond acceptors (Lipinski definition) is 5. The fourth-order valence-corrected chi connectivity index (χ4v) is 2.94. The van der Waals surface area contributed by atoms with Gasteiger partial charge in [0.15, 0.2) is 0 Å². The van der Waals surface area contributed by atoms with E-state index in [1.165, 1.54) is 12.1 Å². The van der Waals surface area contributed by atoms with Gasteiger partial charge in [-0.15, -0.1) is 0 Å². The molecule has 3 aromatic rings. The van der Waals surface area contributed by atoms with Crippen LogP contribution in [0.15, 0.2) is 41.3 Å². The van der Waals surface area contributed by atoms with E-state index in [1.54, 1.807) is 24.3 Å². The molecule has 0 aliphatic rings. The first kappa shape index (κ1) is 16.0. The molecular weight excluding hydrogens is 328 g/mol. The highest BCUT2D eigenvalue weighted by Gasteiger charge is 2.14. The van der Waals surface area contributed by atoms with Crippen molar-refractivity contribution in [2.75, 3.05) is 6.61 Å². The van der Waals surface area contributed by atoms with Crippen LogP contribution in [0.1, 0.15) is 12.5 Å². The molecule has 0 aliphatic heterocycles. The highest BCUT2D eigenvalue weighted by molar-refractivity contribution is 7.89. The summed E-state index contributed by atoms with van der Waals surface area (Å²) in [4.78, 5) is 0.0351. The van der Waals surface area contributed by atoms with E-state index in [4.69, 9.17) is 9.88 Å². The third kappa shape index (κ3) is 2.82. The summed E-state index contributed by atoms with van der Waals surface area (Å²) in [5.41, 5.74) is 2.47. The van der Waals surface area contributed by atoms with Gasteiger partial charge in [0.25, 0.3) is 0 Å². The van der Waals surface area contributed by atoms with Crippen molar-refractivity contribution in [3.05, 3.63) is 42.0 Å². The number of nitrogens with one attached hydrogen (secondary N) is 1. The number of sulfonamides is 1. The molecule has 0 atom stereocenters. The van der Waals surface area contributed by atoms with Gasteiger partial charge in [0.05, 0.1) is 22.6 Å². The Kier molecular flexibility index (Phi) is 3.97. The highest BCUT2D eigenvalue weighted by Crippen LogP contribution is 2.32. The maximum atomic E-state index is 11.3. The average molecular weight is 342 g/mol. The lowest BCUT2D eigenvalue weighted by Crippen LogP contribution is -2.11. The summed E-state index contributed by atoms with van der Waals surface area (Å²) in [6.45, 7) is 2.28. The summed E-state index contributed by atoms with van der Waals surface area (Å²) in [6, 6.07) is 11.6. The first-order valence-corrected chi connectivity index (χ1v) is 8.67. The molecule has 7 nitrogen and oxygen atoms in total. The molecule has 24 heavy (non-hydrogen) atoms. The Morgan fingerprint density at radius 1 is 1.29 bits per heavy atom. The molecule has 0 amide bonds. The fourth-order valence-electron chi connectivity index (χ4n) is 2.43. The highest BCUT2D eigenvalue weighted by atomic mass is 32.2. The van der Waals surface area contributed by atoms with E-state index in [0.717, 1.165) is 10.9 Å². The summed E-state index contributed by atoms with van der Waals surface area (Å²) >= 11 is 0. The lowest BCUT2D eigenvalue weighted by molar-refractivity contribution is 0.340. The second kappa shape index (κ2) is 5.96. The van der Waals surface area contributed by atoms with Crippen LogP contribution in [-0.2, 0) is 10.0 Å². The lowest BCUT2D eigenvalue weighted by Gasteiger charge is -2.06. The first-order valence-electron chi connectivity index (χ1n) is 7.12. The molecule has 0 unspecified atom stereocenters. The van der Waals surface area contributed by atoms with Gasteiger partial charge in [-0.2, -0.15) is 10.4 Å². The summed E-state index contributed by atoms with van der Waals surface area (Å²) in [6.07, 6.45) is 0. The quantitative estimate of drug-likeness (QED) is 0.752. The molecule has 1 aromatic heterocycles. The van der Waals surface area contributed by atoms with Crippen LogP contribution in [0.25, 0.3) is 22.2 Å². The largest absolute Gasteiger partial charge is 0.492 e. The maximum Gasteiger partial charge on any atom is 0.238 e. The average Bonchev–Trinajstić information content (AvgIpc) is 2.96. The van der Waals surface area contributed by atoms with E-state index in [1.807, 2.05) is 6.92 Å². The van der Waals surface area contributed by atoms with Crippen molar-refractivity contribution in [1.82, 2.24) is 10.2 Å². The Labute approximate surface area is 138 Å². The summed E-state index contributed by atoms with van der Waals surface area (Å²) in [7, 11) is -3.74. The van der Waals surface area contributed by atoms with Crippen molar-refractivity contribution in [3.8, 4) is 23.1 Å². The van der Waals surface area contributed by atoms with Crippen LogP contribution in [0, 0.1) is 11.3 Å². The third-order valence-corrected chi connectivity index (χ3v) is 4.47. The molecule has 2 aromatic carbocycles. The molecule has 0 aliphatic carbocycles. The molecule has 0 spiro atoms. The Bertz CT molecular complexity index is 1050. The number of hydrogen-bond donors (Lipinski definition) is 2. The van der Waals surface area contributed by atoms with E-state index in [9.17, 15) is 13.7 Å². The van der Waals surface area contributed by atoms with Crippen LogP contribution in [0.2, 0.25) is 0 Å². The molecule has 0 bridgehead atoms. The van der Waals surface area contributed by atoms with E-state index in [0.29, 0.717) is 29.1 Å². The second-order valence-electron chi connectivity index (χ2n) is 5.08. The molecule has 0 saturated heterocycles. The van der Waals surface area contributed by atoms with Gasteiger partial charge in [0.1, 0.15) is 17.5 Å². The summed E-state index contributed by atoms with van der Waals surface area (Å²) in [5, 5.41) is 22.2. The predicted molar refractivity (Wildman–Crippen MR) is 88.8 cm³/mol. The number of primary sulfonamides is 1. The first-order chi connectivity index (χ1) is 11.4. The van der Waals surface area contributed by atoms with E-state index < -0.39 is 10.0 Å². The number of nitrogens with two attached hydrogens (primary N) is 1. The van der Waals surface area contributed by atoms with Crippen molar-refractivity contribution in [1.29, 1.82) is 5.26 Å². The van der Waals surface area contributed by atoms with Gasteiger partial charge in [-0.3, -0.25) is 5.10 Å². The molecule has 122 valence electrons. The van der Waals surface area contributed by atoms with Crippen LogP contribution in [0.5, 0.6) is 5.75 Å². The van der Waals surface area contributed by atoms with E-state index in [2.05, 4.69) is 16.3 Å². The van der Waals surface area contributed by atoms with Crippen molar-refractivity contribution in [2.24, 2.45) is 5.14 Å². The number of aromatic amines is 1. The van der Waals surface area contributed by atoms with Crippen LogP contribution >= 0.6 is 0 Å². The Morgan fingerprint density at radius 3 is 2.58 bits per heavy atom. The SMILES string of the molecule is CCOc1cc2c(-c3ccc(S(N)(=O)=O)cc3)n[nH]c2cc1C#N. The van der Waals surface area contributed by atoms with Gasteiger partial charge < -0.3 is 4.74 Å². The number of fused-ring (bicyclic) bond motifs is 1. The van der Waals surface area contributed by atoms with Crippen molar-refractivity contribution < 1.29 is 13.2 Å². The van der Waals surface area contributed by atoms with Gasteiger partial charge in [-0.1, -0.05) is 12.1 Å². The molecule has 0 radical (unpaired) electrons. The third-order valence-electron chi connectivity index (χ3n) is 3.54. The van der Waals surface area contributed by atoms with Gasteiger partial charge >= 0.3 is 0 Å². The normalized spacial score (nSPS) is 11.4. The second-order valence-corrected chi connectivity index (χ2v) is 6.64. The molecule has 1 heterocycles. The van der Waals surface area contributed by atoms with Crippen LogP contribution in [-0.4, -0.2) is 25.2 Å². The predicted octanol–water partition coefficient (Wildman–Crippen LogP) is 2.15. The van der Waals surface area contributed by atoms with Crippen molar-refractivity contribution >= 4 is 20.9 Å². The number of benzene rings is 2. The number of nitriles is 1. The zero-order valence-electron chi connectivity index (χ0n) is 12.8. The van der Waals surface area contributed by atoms with Crippen LogP contribution in [0.4, 0.5) is 0 Å². The standard InChI is InChI=1S/C16H14N4O3S/c1-2-23-15-8-13-14(7-11(15)9-17)19-20-16(13)10-3-5-12(6-4-10)24(18,21)22/h3-8H,2H2,1H3,(H,19,20)(H2,18,21,22). The number of aromatic nitrogens is 2. The summed E-state index contributed by atoms with van der Waals surface area (Å²) < 4.78 is 28.2. The Balaban J connectivity index is 2.13. The molecule has 3 N–H and O–H groups in total. The van der Waals surface area contributed by atoms with E-state index in [-0.39, 0.29) is 4.90 Å². The fraction of sp³-hybridized carbons (Fsp3) is 0.125. The minimum atomic E-state index is -3.74. The Hall–Kier alpha value is -2.89. The maximum absolute atomic E-state index is 11.3. The van der Waals surface area contributed by atoms with E-state index >= 15 is 0 Å². The smallest absolute Gasteiger partial charge is 0.238 e. The molecule has 3 rings (SSSR count).